The molecule has 0 unspecified atom stereocenters. The predicted octanol–water partition coefficient (Wildman–Crippen LogP) is 0.494. The number of amides is 2. The van der Waals surface area contributed by atoms with E-state index in [1.165, 1.54) is 0 Å². The van der Waals surface area contributed by atoms with Crippen LogP contribution >= 0.6 is 0 Å². The average molecular weight is 257 g/mol. The molecule has 0 heterocycles. The summed E-state index contributed by atoms with van der Waals surface area (Å²) in [6.45, 7) is 1.50. The number of rotatable bonds is 4. The number of carbonyl (C=O) groups excluding carboxylic acids is 2. The van der Waals surface area contributed by atoms with Gasteiger partial charge in [0.15, 0.2) is 11.6 Å². The van der Waals surface area contributed by atoms with Gasteiger partial charge < -0.3 is 16.4 Å². The van der Waals surface area contributed by atoms with Crippen LogP contribution in [0, 0.1) is 11.6 Å². The molecule has 2 amide bonds. The Balaban J connectivity index is 3.09. The van der Waals surface area contributed by atoms with Crippen molar-refractivity contribution in [3.05, 3.63) is 29.3 Å². The largest absolute Gasteiger partial charge is 0.398 e. The fourth-order valence-electron chi connectivity index (χ4n) is 1.43. The molecule has 0 aromatic heterocycles. The second-order valence-corrected chi connectivity index (χ2v) is 3.64. The molecular formula is C11H13F2N3O2. The lowest BCUT2D eigenvalue weighted by Crippen LogP contribution is -2.38. The fraction of sp³-hybridized carbons (Fsp3) is 0.273. The van der Waals surface area contributed by atoms with Gasteiger partial charge in [-0.05, 0) is 13.0 Å². The summed E-state index contributed by atoms with van der Waals surface area (Å²) in [7, 11) is 0. The van der Waals surface area contributed by atoms with E-state index in [2.05, 4.69) is 0 Å². The van der Waals surface area contributed by atoms with Gasteiger partial charge in [0.05, 0.1) is 12.1 Å². The monoisotopic (exact) mass is 257 g/mol. The average Bonchev–Trinajstić information content (AvgIpc) is 2.29. The Morgan fingerprint density at radius 1 is 1.28 bits per heavy atom. The predicted molar refractivity (Wildman–Crippen MR) is 61.5 cm³/mol. The van der Waals surface area contributed by atoms with E-state index in [0.717, 1.165) is 11.0 Å². The quantitative estimate of drug-likeness (QED) is 0.769. The van der Waals surface area contributed by atoms with Crippen LogP contribution in [-0.4, -0.2) is 29.8 Å². The van der Waals surface area contributed by atoms with Gasteiger partial charge in [-0.2, -0.15) is 0 Å². The molecule has 7 heteroatoms. The number of likely N-dealkylation sites (N-methyl/N-ethyl adjacent to an activating group) is 1. The highest BCUT2D eigenvalue weighted by Gasteiger charge is 2.20. The van der Waals surface area contributed by atoms with Crippen LogP contribution in [0.2, 0.25) is 0 Å². The zero-order valence-corrected chi connectivity index (χ0v) is 9.74. The number of primary amides is 1. The Labute approximate surface area is 102 Å². The summed E-state index contributed by atoms with van der Waals surface area (Å²) in [6, 6.07) is 1.43. The lowest BCUT2D eigenvalue weighted by Gasteiger charge is -2.20. The van der Waals surface area contributed by atoms with Crippen LogP contribution in [0.4, 0.5) is 14.5 Å². The number of nitrogens with zero attached hydrogens (tertiary/aromatic N) is 1. The Bertz CT molecular complexity index is 491. The van der Waals surface area contributed by atoms with Crippen molar-refractivity contribution < 1.29 is 18.4 Å². The number of anilines is 1. The van der Waals surface area contributed by atoms with E-state index in [4.69, 9.17) is 11.5 Å². The van der Waals surface area contributed by atoms with Crippen molar-refractivity contribution in [1.82, 2.24) is 4.90 Å². The maximum Gasteiger partial charge on any atom is 0.256 e. The summed E-state index contributed by atoms with van der Waals surface area (Å²) < 4.78 is 25.9. The molecule has 1 rings (SSSR count). The Kier molecular flexibility index (Phi) is 4.19. The zero-order chi connectivity index (χ0) is 13.9. The minimum Gasteiger partial charge on any atom is -0.398 e. The number of nitrogen functional groups attached to an aromatic ring is 1. The topological polar surface area (TPSA) is 89.4 Å². The molecule has 0 saturated heterocycles. The van der Waals surface area contributed by atoms with Gasteiger partial charge in [-0.25, -0.2) is 8.78 Å². The first kappa shape index (κ1) is 13.9. The van der Waals surface area contributed by atoms with Crippen LogP contribution < -0.4 is 11.5 Å². The molecule has 0 spiro atoms. The summed E-state index contributed by atoms with van der Waals surface area (Å²) in [5, 5.41) is 0. The van der Waals surface area contributed by atoms with Gasteiger partial charge in [-0.15, -0.1) is 0 Å². The minimum atomic E-state index is -1.18. The maximum absolute atomic E-state index is 13.1. The highest BCUT2D eigenvalue weighted by Crippen LogP contribution is 2.18. The van der Waals surface area contributed by atoms with Gasteiger partial charge in [0.1, 0.15) is 0 Å². The molecule has 18 heavy (non-hydrogen) atoms. The lowest BCUT2D eigenvalue weighted by atomic mass is 10.1. The first-order valence-corrected chi connectivity index (χ1v) is 5.18. The molecule has 0 saturated carbocycles. The van der Waals surface area contributed by atoms with E-state index in [9.17, 15) is 18.4 Å². The van der Waals surface area contributed by atoms with Crippen LogP contribution in [0.25, 0.3) is 0 Å². The Hall–Kier alpha value is -2.18. The number of halogens is 2. The third kappa shape index (κ3) is 2.93. The van der Waals surface area contributed by atoms with Gasteiger partial charge in [0, 0.05) is 18.3 Å². The number of hydrogen-bond donors (Lipinski definition) is 2. The summed E-state index contributed by atoms with van der Waals surface area (Å²) in [6.07, 6.45) is 0. The van der Waals surface area contributed by atoms with Gasteiger partial charge in [-0.1, -0.05) is 0 Å². The van der Waals surface area contributed by atoms with Crippen molar-refractivity contribution in [2.75, 3.05) is 18.8 Å². The number of hydrogen-bond acceptors (Lipinski definition) is 3. The summed E-state index contributed by atoms with van der Waals surface area (Å²) in [4.78, 5) is 23.8. The molecule has 4 N–H and O–H groups in total. The molecule has 1 aromatic carbocycles. The molecule has 0 aliphatic heterocycles. The minimum absolute atomic E-state index is 0.193. The molecule has 0 atom stereocenters. The highest BCUT2D eigenvalue weighted by atomic mass is 19.2. The molecule has 0 aliphatic rings. The van der Waals surface area contributed by atoms with E-state index in [-0.39, 0.29) is 24.3 Å². The van der Waals surface area contributed by atoms with Gasteiger partial charge >= 0.3 is 0 Å². The van der Waals surface area contributed by atoms with Crippen molar-refractivity contribution in [2.45, 2.75) is 6.92 Å². The smallest absolute Gasteiger partial charge is 0.256 e. The third-order valence-corrected chi connectivity index (χ3v) is 2.34. The number of nitrogens with two attached hydrogens (primary N) is 2. The maximum atomic E-state index is 13.1. The first-order valence-electron chi connectivity index (χ1n) is 5.18. The number of benzene rings is 1. The molecule has 98 valence electrons. The van der Waals surface area contributed by atoms with Crippen molar-refractivity contribution in [3.63, 3.8) is 0 Å². The molecule has 0 radical (unpaired) electrons. The third-order valence-electron chi connectivity index (χ3n) is 2.34. The van der Waals surface area contributed by atoms with E-state index in [1.807, 2.05) is 0 Å². The second kappa shape index (κ2) is 5.44. The van der Waals surface area contributed by atoms with Crippen molar-refractivity contribution in [3.8, 4) is 0 Å². The first-order chi connectivity index (χ1) is 8.36. The Morgan fingerprint density at radius 3 is 2.33 bits per heavy atom. The number of carbonyl (C=O) groups is 2. The van der Waals surface area contributed by atoms with Crippen LogP contribution in [-0.2, 0) is 4.79 Å². The van der Waals surface area contributed by atoms with E-state index in [0.29, 0.717) is 6.07 Å². The summed E-state index contributed by atoms with van der Waals surface area (Å²) in [5.41, 5.74) is 10.0. The molecule has 1 aromatic rings. The normalized spacial score (nSPS) is 10.2. The second-order valence-electron chi connectivity index (χ2n) is 3.64. The Morgan fingerprint density at radius 2 is 1.83 bits per heavy atom. The zero-order valence-electron chi connectivity index (χ0n) is 9.74. The van der Waals surface area contributed by atoms with Gasteiger partial charge in [0.25, 0.3) is 5.91 Å². The molecule has 5 nitrogen and oxygen atoms in total. The van der Waals surface area contributed by atoms with Crippen molar-refractivity contribution in [1.29, 1.82) is 0 Å². The standard InChI is InChI=1S/C11H13F2N3O2/c1-2-16(5-10(15)17)11(18)6-3-7(12)8(13)4-9(6)14/h3-4H,2,5,14H2,1H3,(H2,15,17). The van der Waals surface area contributed by atoms with Crippen LogP contribution in [0.3, 0.4) is 0 Å². The van der Waals surface area contributed by atoms with Crippen molar-refractivity contribution in [2.24, 2.45) is 5.73 Å². The molecule has 0 fully saturated rings. The lowest BCUT2D eigenvalue weighted by molar-refractivity contribution is -0.118. The van der Waals surface area contributed by atoms with Crippen LogP contribution in [0.15, 0.2) is 12.1 Å². The fourth-order valence-corrected chi connectivity index (χ4v) is 1.43. The van der Waals surface area contributed by atoms with E-state index < -0.39 is 23.4 Å². The summed E-state index contributed by atoms with van der Waals surface area (Å²) >= 11 is 0. The van der Waals surface area contributed by atoms with Crippen LogP contribution in [0.1, 0.15) is 17.3 Å². The van der Waals surface area contributed by atoms with Crippen molar-refractivity contribution >= 4 is 17.5 Å². The van der Waals surface area contributed by atoms with Crippen LogP contribution in [0.5, 0.6) is 0 Å². The molecular weight excluding hydrogens is 244 g/mol. The van der Waals surface area contributed by atoms with Gasteiger partial charge in [0.2, 0.25) is 5.91 Å². The van der Waals surface area contributed by atoms with Gasteiger partial charge in [-0.3, -0.25) is 9.59 Å². The molecule has 0 aliphatic carbocycles. The summed E-state index contributed by atoms with van der Waals surface area (Å²) in [5.74, 6) is -3.69. The molecule has 0 bridgehead atoms. The van der Waals surface area contributed by atoms with E-state index in [1.54, 1.807) is 6.92 Å². The SMILES string of the molecule is CCN(CC(N)=O)C(=O)c1cc(F)c(F)cc1N. The van der Waals surface area contributed by atoms with E-state index >= 15 is 0 Å². The highest BCUT2D eigenvalue weighted by molar-refractivity contribution is 6.00.